The van der Waals surface area contributed by atoms with Crippen LogP contribution in [0.5, 0.6) is 0 Å². The van der Waals surface area contributed by atoms with Crippen molar-refractivity contribution < 1.29 is 0 Å². The number of nitrogens with one attached hydrogen (secondary N) is 1. The highest BCUT2D eigenvalue weighted by atomic mass is 14.9. The zero-order valence-electron chi connectivity index (χ0n) is 5.04. The highest BCUT2D eigenvalue weighted by molar-refractivity contribution is 5.16. The third kappa shape index (κ3) is 1.08. The van der Waals surface area contributed by atoms with E-state index in [-0.39, 0.29) is 0 Å². The zero-order valence-corrected chi connectivity index (χ0v) is 5.04. The van der Waals surface area contributed by atoms with Crippen molar-refractivity contribution in [2.45, 2.75) is 0 Å². The van der Waals surface area contributed by atoms with Crippen molar-refractivity contribution in [2.75, 3.05) is 0 Å². The average molecular weight is 120 g/mol. The fraction of sp³-hybridized carbons (Fsp3) is 0. The van der Waals surface area contributed by atoms with Gasteiger partial charge in [-0.1, -0.05) is 12.6 Å². The normalized spacial score (nSPS) is 8.89. The molecule has 0 radical (unpaired) electrons. The first-order chi connectivity index (χ1) is 4.34. The summed E-state index contributed by atoms with van der Waals surface area (Å²) in [4.78, 5) is 0. The van der Waals surface area contributed by atoms with E-state index in [4.69, 9.17) is 5.41 Å². The molecule has 2 heteroatoms. The molecule has 1 rings (SSSR count). The van der Waals surface area contributed by atoms with Crippen molar-refractivity contribution in [3.05, 3.63) is 36.5 Å². The van der Waals surface area contributed by atoms with Crippen LogP contribution in [0.15, 0.2) is 31.0 Å². The van der Waals surface area contributed by atoms with E-state index in [9.17, 15) is 0 Å². The van der Waals surface area contributed by atoms with Crippen LogP contribution >= 0.6 is 0 Å². The van der Waals surface area contributed by atoms with Crippen LogP contribution < -0.4 is 5.49 Å². The lowest BCUT2D eigenvalue weighted by atomic mass is 10.5. The predicted octanol–water partition coefficient (Wildman–Crippen LogP) is 1.07. The number of rotatable bonds is 1. The third-order valence-electron chi connectivity index (χ3n) is 1.09. The Morgan fingerprint density at radius 2 is 2.33 bits per heavy atom. The molecule has 0 atom stereocenters. The van der Waals surface area contributed by atoms with Crippen LogP contribution in [0.4, 0.5) is 0 Å². The maximum absolute atomic E-state index is 7.26. The van der Waals surface area contributed by atoms with Gasteiger partial charge in [-0.2, -0.15) is 0 Å². The van der Waals surface area contributed by atoms with Gasteiger partial charge in [0.15, 0.2) is 0 Å². The molecular weight excluding hydrogens is 112 g/mol. The molecule has 0 bridgehead atoms. The van der Waals surface area contributed by atoms with E-state index in [0.717, 1.165) is 0 Å². The molecule has 0 unspecified atom stereocenters. The zero-order chi connectivity index (χ0) is 6.69. The Kier molecular flexibility index (Phi) is 1.49. The standard InChI is InChI=1S/C7H8N2/c1-2-9-6-4-3-5-7(9)8/h2-6,8H,1H2. The van der Waals surface area contributed by atoms with Gasteiger partial charge >= 0.3 is 0 Å². The molecule has 2 nitrogen and oxygen atoms in total. The lowest BCUT2D eigenvalue weighted by Gasteiger charge is -1.94. The molecule has 0 fully saturated rings. The minimum atomic E-state index is 0.451. The number of aromatic nitrogens is 1. The molecule has 0 aromatic carbocycles. The van der Waals surface area contributed by atoms with Crippen LogP contribution in [0.25, 0.3) is 6.20 Å². The van der Waals surface area contributed by atoms with Gasteiger partial charge in [-0.05, 0) is 12.1 Å². The molecule has 0 amide bonds. The van der Waals surface area contributed by atoms with Crippen molar-refractivity contribution in [1.82, 2.24) is 4.57 Å². The van der Waals surface area contributed by atoms with Gasteiger partial charge in [-0.15, -0.1) is 0 Å². The highest BCUT2D eigenvalue weighted by Crippen LogP contribution is 1.78. The van der Waals surface area contributed by atoms with E-state index in [0.29, 0.717) is 5.49 Å². The number of hydrogen-bond acceptors (Lipinski definition) is 1. The summed E-state index contributed by atoms with van der Waals surface area (Å²) in [5, 5.41) is 7.26. The van der Waals surface area contributed by atoms with Gasteiger partial charge in [0.05, 0.1) is 0 Å². The largest absolute Gasteiger partial charge is 0.310 e. The minimum absolute atomic E-state index is 0.451. The highest BCUT2D eigenvalue weighted by Gasteiger charge is 1.78. The lowest BCUT2D eigenvalue weighted by Crippen LogP contribution is -2.11. The second kappa shape index (κ2) is 2.31. The smallest absolute Gasteiger partial charge is 0.128 e. The summed E-state index contributed by atoms with van der Waals surface area (Å²) in [5.74, 6) is 0. The van der Waals surface area contributed by atoms with E-state index in [1.54, 1.807) is 23.0 Å². The van der Waals surface area contributed by atoms with Gasteiger partial charge in [0, 0.05) is 12.4 Å². The molecule has 9 heavy (non-hydrogen) atoms. The van der Waals surface area contributed by atoms with Crippen LogP contribution in [0.1, 0.15) is 0 Å². The van der Waals surface area contributed by atoms with Crippen LogP contribution in [0.2, 0.25) is 0 Å². The quantitative estimate of drug-likeness (QED) is 0.574. The summed E-state index contributed by atoms with van der Waals surface area (Å²) < 4.78 is 1.64. The Morgan fingerprint density at radius 3 is 2.78 bits per heavy atom. The second-order valence-corrected chi connectivity index (χ2v) is 1.68. The van der Waals surface area contributed by atoms with Gasteiger partial charge in [0.2, 0.25) is 0 Å². The maximum atomic E-state index is 7.26. The lowest BCUT2D eigenvalue weighted by molar-refractivity contribution is 0.977. The molecule has 1 aromatic heterocycles. The van der Waals surface area contributed by atoms with Crippen molar-refractivity contribution in [1.29, 1.82) is 5.41 Å². The molecule has 0 aliphatic rings. The van der Waals surface area contributed by atoms with Crippen LogP contribution in [-0.4, -0.2) is 4.57 Å². The molecule has 1 N–H and O–H groups in total. The molecular formula is C7H8N2. The van der Waals surface area contributed by atoms with E-state index in [1.165, 1.54) is 0 Å². The molecule has 0 spiro atoms. The minimum Gasteiger partial charge on any atom is -0.310 e. The summed E-state index contributed by atoms with van der Waals surface area (Å²) in [6.07, 6.45) is 3.39. The monoisotopic (exact) mass is 120 g/mol. The average Bonchev–Trinajstić information content (AvgIpc) is 1.89. The Bertz CT molecular complexity index is 260. The SMILES string of the molecule is C=Cn1ccccc1=N. The van der Waals surface area contributed by atoms with Crippen LogP contribution in [0.3, 0.4) is 0 Å². The third-order valence-corrected chi connectivity index (χ3v) is 1.09. The van der Waals surface area contributed by atoms with Gasteiger partial charge in [0.1, 0.15) is 5.49 Å². The first-order valence-corrected chi connectivity index (χ1v) is 2.69. The molecule has 0 saturated heterocycles. The van der Waals surface area contributed by atoms with Crippen molar-refractivity contribution >= 4 is 6.20 Å². The summed E-state index contributed by atoms with van der Waals surface area (Å²) in [6, 6.07) is 5.39. The molecule has 0 aliphatic carbocycles. The number of pyridine rings is 1. The van der Waals surface area contributed by atoms with Crippen LogP contribution in [0, 0.1) is 5.41 Å². The number of nitrogens with zero attached hydrogens (tertiary/aromatic N) is 1. The maximum Gasteiger partial charge on any atom is 0.128 e. The van der Waals surface area contributed by atoms with Crippen molar-refractivity contribution in [3.63, 3.8) is 0 Å². The molecule has 0 saturated carbocycles. The number of hydrogen-bond donors (Lipinski definition) is 1. The van der Waals surface area contributed by atoms with Crippen molar-refractivity contribution in [3.8, 4) is 0 Å². The summed E-state index contributed by atoms with van der Waals surface area (Å²) in [7, 11) is 0. The Hall–Kier alpha value is -1.31. The molecule has 46 valence electrons. The van der Waals surface area contributed by atoms with Crippen LogP contribution in [-0.2, 0) is 0 Å². The first kappa shape index (κ1) is 5.82. The Morgan fingerprint density at radius 1 is 1.56 bits per heavy atom. The fourth-order valence-electron chi connectivity index (χ4n) is 0.615. The molecule has 0 aliphatic heterocycles. The van der Waals surface area contributed by atoms with Crippen molar-refractivity contribution in [2.24, 2.45) is 0 Å². The molecule has 1 heterocycles. The van der Waals surface area contributed by atoms with Gasteiger partial charge < -0.3 is 4.57 Å². The van der Waals surface area contributed by atoms with E-state index in [1.807, 2.05) is 12.1 Å². The van der Waals surface area contributed by atoms with E-state index >= 15 is 0 Å². The topological polar surface area (TPSA) is 28.8 Å². The van der Waals surface area contributed by atoms with Gasteiger partial charge in [-0.25, -0.2) is 0 Å². The Balaban J connectivity index is 3.32. The van der Waals surface area contributed by atoms with E-state index < -0.39 is 0 Å². The van der Waals surface area contributed by atoms with Gasteiger partial charge in [-0.3, -0.25) is 5.41 Å². The predicted molar refractivity (Wildman–Crippen MR) is 36.7 cm³/mol. The Labute approximate surface area is 53.6 Å². The first-order valence-electron chi connectivity index (χ1n) is 2.69. The second-order valence-electron chi connectivity index (χ2n) is 1.68. The summed E-state index contributed by atoms with van der Waals surface area (Å²) >= 11 is 0. The van der Waals surface area contributed by atoms with E-state index in [2.05, 4.69) is 6.58 Å². The summed E-state index contributed by atoms with van der Waals surface area (Å²) in [6.45, 7) is 3.53. The fourth-order valence-corrected chi connectivity index (χ4v) is 0.615. The van der Waals surface area contributed by atoms with Gasteiger partial charge in [0.25, 0.3) is 0 Å². The summed E-state index contributed by atoms with van der Waals surface area (Å²) in [5.41, 5.74) is 0.451. The molecule has 1 aromatic rings.